The smallest absolute Gasteiger partial charge is 0.384 e. The van der Waals surface area contributed by atoms with Crippen molar-refractivity contribution in [2.75, 3.05) is 12.5 Å². The van der Waals surface area contributed by atoms with Crippen molar-refractivity contribution >= 4 is 21.9 Å². The van der Waals surface area contributed by atoms with Crippen LogP contribution in [0.3, 0.4) is 0 Å². The number of fused-ring (bicyclic) bond motifs is 1. The predicted octanol–water partition coefficient (Wildman–Crippen LogP) is 9.30. The van der Waals surface area contributed by atoms with Crippen LogP contribution in [0.2, 0.25) is 5.15 Å². The van der Waals surface area contributed by atoms with Crippen LogP contribution in [0.4, 0.5) is 13.2 Å². The third-order valence-electron chi connectivity index (χ3n) is 8.47. The van der Waals surface area contributed by atoms with Gasteiger partial charge in [-0.3, -0.25) is 0 Å². The van der Waals surface area contributed by atoms with Gasteiger partial charge in [0.25, 0.3) is 0 Å². The van der Waals surface area contributed by atoms with Crippen molar-refractivity contribution in [3.63, 3.8) is 0 Å². The SMILES string of the molecule is CC1(C)Cc2nc(Cl)c(C(O)c3ccc(C(F)(F)F)cc3)c(C3CCCC3)c2C(OS(C)(C)C(C)(C)C)C1. The molecule has 1 N–H and O–H groups in total. The molecule has 0 radical (unpaired) electrons. The molecule has 2 atom stereocenters. The van der Waals surface area contributed by atoms with Crippen molar-refractivity contribution < 1.29 is 22.5 Å². The molecule has 212 valence electrons. The van der Waals surface area contributed by atoms with Gasteiger partial charge in [-0.1, -0.05) is 71.2 Å². The van der Waals surface area contributed by atoms with Crippen LogP contribution in [0, 0.1) is 5.41 Å². The highest BCUT2D eigenvalue weighted by Crippen LogP contribution is 2.60. The Hall–Kier alpha value is -1.28. The van der Waals surface area contributed by atoms with Crippen LogP contribution < -0.4 is 0 Å². The van der Waals surface area contributed by atoms with E-state index in [0.29, 0.717) is 11.1 Å². The fourth-order valence-electron chi connectivity index (χ4n) is 5.73. The molecule has 1 aromatic carbocycles. The van der Waals surface area contributed by atoms with Gasteiger partial charge in [-0.15, -0.1) is 10.3 Å². The molecule has 0 spiro atoms. The number of benzene rings is 1. The maximum absolute atomic E-state index is 13.2. The van der Waals surface area contributed by atoms with Gasteiger partial charge in [0.15, 0.2) is 0 Å². The molecule has 8 heteroatoms. The van der Waals surface area contributed by atoms with E-state index in [9.17, 15) is 18.3 Å². The second kappa shape index (κ2) is 10.3. The lowest BCUT2D eigenvalue weighted by Gasteiger charge is -2.49. The Balaban J connectivity index is 1.90. The van der Waals surface area contributed by atoms with Gasteiger partial charge in [-0.2, -0.15) is 13.2 Å². The number of nitrogens with zero attached hydrogens (tertiary/aromatic N) is 1. The summed E-state index contributed by atoms with van der Waals surface area (Å²) in [6, 6.07) is 4.70. The fraction of sp³-hybridized carbons (Fsp3) is 0.633. The Morgan fingerprint density at radius 3 is 2.16 bits per heavy atom. The van der Waals surface area contributed by atoms with E-state index in [4.69, 9.17) is 20.8 Å². The number of aliphatic hydroxyl groups excluding tert-OH is 1. The Kier molecular flexibility index (Phi) is 8.03. The fourth-order valence-corrected chi connectivity index (χ4v) is 7.07. The van der Waals surface area contributed by atoms with E-state index >= 15 is 0 Å². The Labute approximate surface area is 232 Å². The van der Waals surface area contributed by atoms with E-state index in [0.717, 1.165) is 67.5 Å². The van der Waals surface area contributed by atoms with Gasteiger partial charge in [0.1, 0.15) is 11.3 Å². The van der Waals surface area contributed by atoms with Crippen LogP contribution >= 0.6 is 21.9 Å². The van der Waals surface area contributed by atoms with Crippen LogP contribution in [0.15, 0.2) is 24.3 Å². The molecule has 2 unspecified atom stereocenters. The van der Waals surface area contributed by atoms with Crippen LogP contribution in [0.1, 0.15) is 118 Å². The van der Waals surface area contributed by atoms with Crippen molar-refractivity contribution in [2.45, 2.75) is 102 Å². The largest absolute Gasteiger partial charge is 0.416 e. The third kappa shape index (κ3) is 5.91. The number of alkyl halides is 3. The first kappa shape index (κ1) is 29.7. The van der Waals surface area contributed by atoms with Crippen LogP contribution in [-0.4, -0.2) is 27.3 Å². The van der Waals surface area contributed by atoms with Crippen LogP contribution in [0.5, 0.6) is 0 Å². The van der Waals surface area contributed by atoms with Gasteiger partial charge in [-0.25, -0.2) is 4.98 Å². The van der Waals surface area contributed by atoms with E-state index in [-0.39, 0.29) is 27.3 Å². The molecular weight excluding hydrogens is 531 g/mol. The van der Waals surface area contributed by atoms with Gasteiger partial charge < -0.3 is 9.29 Å². The number of rotatable bonds is 5. The number of aromatic nitrogens is 1. The maximum Gasteiger partial charge on any atom is 0.416 e. The van der Waals surface area contributed by atoms with Gasteiger partial charge >= 0.3 is 6.18 Å². The van der Waals surface area contributed by atoms with Crippen LogP contribution in [-0.2, 0) is 16.8 Å². The van der Waals surface area contributed by atoms with Crippen molar-refractivity contribution in [3.05, 3.63) is 62.9 Å². The van der Waals surface area contributed by atoms with Gasteiger partial charge in [0, 0.05) is 21.6 Å². The molecule has 4 rings (SSSR count). The van der Waals surface area contributed by atoms with Gasteiger partial charge in [0.2, 0.25) is 0 Å². The number of hydrogen-bond acceptors (Lipinski definition) is 3. The van der Waals surface area contributed by atoms with Crippen molar-refractivity contribution in [1.29, 1.82) is 0 Å². The number of aliphatic hydroxyl groups is 1. The zero-order valence-corrected chi connectivity index (χ0v) is 25.1. The second-order valence-electron chi connectivity index (χ2n) is 13.1. The monoisotopic (exact) mass is 571 g/mol. The summed E-state index contributed by atoms with van der Waals surface area (Å²) >= 11 is 6.85. The molecule has 1 saturated carbocycles. The minimum absolute atomic E-state index is 0.0370. The number of halogens is 4. The summed E-state index contributed by atoms with van der Waals surface area (Å²) < 4.78 is 46.5. The molecule has 0 bridgehead atoms. The molecule has 2 aliphatic carbocycles. The highest BCUT2D eigenvalue weighted by molar-refractivity contribution is 8.29. The zero-order chi connectivity index (χ0) is 28.3. The molecule has 3 nitrogen and oxygen atoms in total. The minimum Gasteiger partial charge on any atom is -0.384 e. The normalized spacial score (nSPS) is 21.8. The Morgan fingerprint density at radius 2 is 1.63 bits per heavy atom. The lowest BCUT2D eigenvalue weighted by atomic mass is 9.71. The van der Waals surface area contributed by atoms with E-state index in [1.165, 1.54) is 12.1 Å². The first-order valence-electron chi connectivity index (χ1n) is 13.4. The van der Waals surface area contributed by atoms with Gasteiger partial charge in [0.05, 0.1) is 11.7 Å². The average Bonchev–Trinajstić information content (AvgIpc) is 3.30. The summed E-state index contributed by atoms with van der Waals surface area (Å²) in [4.78, 5) is 4.84. The predicted molar refractivity (Wildman–Crippen MR) is 151 cm³/mol. The molecule has 0 amide bonds. The molecule has 1 aromatic heterocycles. The summed E-state index contributed by atoms with van der Waals surface area (Å²) in [5, 5.41) is 11.9. The van der Waals surface area contributed by atoms with E-state index < -0.39 is 28.2 Å². The van der Waals surface area contributed by atoms with E-state index in [1.807, 2.05) is 0 Å². The highest BCUT2D eigenvalue weighted by Gasteiger charge is 2.43. The molecule has 0 saturated heterocycles. The van der Waals surface area contributed by atoms with E-state index in [2.05, 4.69) is 47.1 Å². The summed E-state index contributed by atoms with van der Waals surface area (Å²) in [5.41, 5.74) is 3.08. The molecule has 1 fully saturated rings. The maximum atomic E-state index is 13.2. The average molecular weight is 572 g/mol. The molecular formula is C30H41ClF3NO2S. The lowest BCUT2D eigenvalue weighted by Crippen LogP contribution is -2.33. The summed E-state index contributed by atoms with van der Waals surface area (Å²) in [5.74, 6) is 0.198. The van der Waals surface area contributed by atoms with Crippen molar-refractivity contribution in [3.8, 4) is 0 Å². The molecule has 38 heavy (non-hydrogen) atoms. The first-order chi connectivity index (χ1) is 17.4. The van der Waals surface area contributed by atoms with Crippen LogP contribution in [0.25, 0.3) is 0 Å². The summed E-state index contributed by atoms with van der Waals surface area (Å²) in [6.45, 7) is 11.1. The molecule has 1 heterocycles. The topological polar surface area (TPSA) is 42.4 Å². The molecule has 0 aliphatic heterocycles. The molecule has 2 aromatic rings. The summed E-state index contributed by atoms with van der Waals surface area (Å²) in [6.07, 6.45) is 4.29. The Morgan fingerprint density at radius 1 is 1.05 bits per heavy atom. The van der Waals surface area contributed by atoms with Crippen molar-refractivity contribution in [1.82, 2.24) is 4.98 Å². The summed E-state index contributed by atoms with van der Waals surface area (Å²) in [7, 11) is -1.47. The third-order valence-corrected chi connectivity index (χ3v) is 12.4. The second-order valence-corrected chi connectivity index (χ2v) is 17.3. The quantitative estimate of drug-likeness (QED) is 0.364. The number of hydrogen-bond donors (Lipinski definition) is 1. The standard InChI is InChI=1S/C30H41ClF3NO2S/c1-28(2,3)38(6,7)37-22-17-29(4,5)16-21-24(22)23(18-10-8-9-11-18)25(27(31)35-21)26(36)19-12-14-20(15-13-19)30(32,33)34/h12-15,18,22,26,36H,8-11,16-17H2,1-7H3. The zero-order valence-electron chi connectivity index (χ0n) is 23.5. The van der Waals surface area contributed by atoms with E-state index in [1.54, 1.807) is 0 Å². The Bertz CT molecular complexity index is 1170. The molecule has 2 aliphatic rings. The van der Waals surface area contributed by atoms with Gasteiger partial charge in [-0.05, 0) is 72.8 Å². The lowest BCUT2D eigenvalue weighted by molar-refractivity contribution is -0.137. The number of pyridine rings is 1. The highest BCUT2D eigenvalue weighted by atomic mass is 35.5. The minimum atomic E-state index is -4.44. The first-order valence-corrected chi connectivity index (χ1v) is 16.1. The van der Waals surface area contributed by atoms with Crippen molar-refractivity contribution in [2.24, 2.45) is 5.41 Å².